The topological polar surface area (TPSA) is 27.0 Å². The fourth-order valence-electron chi connectivity index (χ4n) is 2.88. The van der Waals surface area contributed by atoms with Gasteiger partial charge in [-0.3, -0.25) is 0 Å². The summed E-state index contributed by atoms with van der Waals surface area (Å²) < 4.78 is 0. The molecule has 14 heavy (non-hydrogen) atoms. The van der Waals surface area contributed by atoms with Crippen molar-refractivity contribution in [1.29, 1.82) is 5.26 Å². The van der Waals surface area contributed by atoms with Gasteiger partial charge in [0.25, 0.3) is 0 Å². The molecule has 0 N–H and O–H groups in total. The smallest absolute Gasteiger partial charge is 0.0669 e. The quantitative estimate of drug-likeness (QED) is 0.672. The largest absolute Gasteiger partial charge is 0.302 e. The van der Waals surface area contributed by atoms with Crippen molar-refractivity contribution in [2.45, 2.75) is 38.5 Å². The molecule has 0 aromatic carbocycles. The van der Waals surface area contributed by atoms with Crippen LogP contribution >= 0.6 is 0 Å². The van der Waals surface area contributed by atoms with E-state index in [-0.39, 0.29) is 0 Å². The molecule has 1 heterocycles. The third kappa shape index (κ3) is 2.48. The molecule has 0 spiro atoms. The highest BCUT2D eigenvalue weighted by Crippen LogP contribution is 2.27. The van der Waals surface area contributed by atoms with E-state index in [0.29, 0.717) is 5.92 Å². The summed E-state index contributed by atoms with van der Waals surface area (Å²) in [6, 6.07) is 2.42. The number of hydrogen-bond acceptors (Lipinski definition) is 2. The van der Waals surface area contributed by atoms with Crippen LogP contribution in [-0.2, 0) is 0 Å². The van der Waals surface area contributed by atoms with Crippen molar-refractivity contribution < 1.29 is 0 Å². The van der Waals surface area contributed by atoms with Crippen LogP contribution in [0.25, 0.3) is 0 Å². The summed E-state index contributed by atoms with van der Waals surface area (Å²) in [7, 11) is 0. The maximum atomic E-state index is 8.89. The van der Waals surface area contributed by atoms with Crippen molar-refractivity contribution in [2.75, 3.05) is 19.6 Å². The molecule has 2 aliphatic rings. The van der Waals surface area contributed by atoms with E-state index >= 15 is 0 Å². The summed E-state index contributed by atoms with van der Waals surface area (Å²) in [5.41, 5.74) is 0. The normalized spacial score (nSPS) is 30.4. The van der Waals surface area contributed by atoms with Crippen molar-refractivity contribution >= 4 is 0 Å². The van der Waals surface area contributed by atoms with Crippen LogP contribution in [0.15, 0.2) is 0 Å². The Morgan fingerprint density at radius 2 is 1.93 bits per heavy atom. The zero-order valence-corrected chi connectivity index (χ0v) is 8.91. The Morgan fingerprint density at radius 1 is 1.14 bits per heavy atom. The molecular weight excluding hydrogens is 172 g/mol. The van der Waals surface area contributed by atoms with Crippen LogP contribution in [0.2, 0.25) is 0 Å². The van der Waals surface area contributed by atoms with Gasteiger partial charge in [0.15, 0.2) is 0 Å². The third-order valence-electron chi connectivity index (χ3n) is 3.68. The van der Waals surface area contributed by atoms with E-state index in [1.54, 1.807) is 0 Å². The summed E-state index contributed by atoms with van der Waals surface area (Å²) in [6.45, 7) is 3.53. The lowest BCUT2D eigenvalue weighted by molar-refractivity contribution is 0.173. The van der Waals surface area contributed by atoms with Gasteiger partial charge in [0.1, 0.15) is 0 Å². The van der Waals surface area contributed by atoms with Crippen molar-refractivity contribution in [3.63, 3.8) is 0 Å². The van der Waals surface area contributed by atoms with Gasteiger partial charge in [0.05, 0.1) is 12.0 Å². The molecule has 0 aromatic rings. The third-order valence-corrected chi connectivity index (χ3v) is 3.68. The van der Waals surface area contributed by atoms with Crippen LogP contribution in [0, 0.1) is 23.2 Å². The van der Waals surface area contributed by atoms with E-state index in [1.165, 1.54) is 45.2 Å². The van der Waals surface area contributed by atoms with Crippen molar-refractivity contribution in [2.24, 2.45) is 11.8 Å². The van der Waals surface area contributed by atoms with Gasteiger partial charge < -0.3 is 4.90 Å². The Hall–Kier alpha value is -0.550. The first-order chi connectivity index (χ1) is 6.88. The molecule has 2 heteroatoms. The maximum absolute atomic E-state index is 8.89. The average molecular weight is 192 g/mol. The van der Waals surface area contributed by atoms with E-state index < -0.39 is 0 Å². The number of hydrogen-bond donors (Lipinski definition) is 0. The summed E-state index contributed by atoms with van der Waals surface area (Å²) >= 11 is 0. The van der Waals surface area contributed by atoms with Crippen molar-refractivity contribution in [3.05, 3.63) is 0 Å². The first kappa shape index (κ1) is 9.98. The molecule has 1 saturated heterocycles. The van der Waals surface area contributed by atoms with E-state index in [0.717, 1.165) is 18.9 Å². The van der Waals surface area contributed by atoms with Gasteiger partial charge in [-0.2, -0.15) is 5.26 Å². The second-order valence-electron chi connectivity index (χ2n) is 4.88. The summed E-state index contributed by atoms with van der Waals surface area (Å²) in [6.07, 6.45) is 8.06. The minimum atomic E-state index is 0.310. The van der Waals surface area contributed by atoms with E-state index in [4.69, 9.17) is 5.26 Å². The van der Waals surface area contributed by atoms with Gasteiger partial charge in [0, 0.05) is 13.1 Å². The van der Waals surface area contributed by atoms with Gasteiger partial charge >= 0.3 is 0 Å². The molecule has 2 rings (SSSR count). The SMILES string of the molecule is N#CC1CCCN(CC2CCCC2)C1. The van der Waals surface area contributed by atoms with E-state index in [1.807, 2.05) is 0 Å². The first-order valence-electron chi connectivity index (χ1n) is 6.00. The molecule has 1 aliphatic heterocycles. The molecule has 0 bridgehead atoms. The minimum Gasteiger partial charge on any atom is -0.302 e. The number of likely N-dealkylation sites (tertiary alicyclic amines) is 1. The molecular formula is C12H20N2. The van der Waals surface area contributed by atoms with Gasteiger partial charge in [-0.15, -0.1) is 0 Å². The van der Waals surface area contributed by atoms with E-state index in [2.05, 4.69) is 11.0 Å². The number of nitriles is 1. The lowest BCUT2D eigenvalue weighted by Crippen LogP contribution is -2.37. The Morgan fingerprint density at radius 3 is 2.64 bits per heavy atom. The zero-order chi connectivity index (χ0) is 9.80. The predicted molar refractivity (Wildman–Crippen MR) is 56.7 cm³/mol. The Kier molecular flexibility index (Phi) is 3.42. The predicted octanol–water partition coefficient (Wildman–Crippen LogP) is 2.41. The van der Waals surface area contributed by atoms with Crippen LogP contribution in [0.4, 0.5) is 0 Å². The second-order valence-corrected chi connectivity index (χ2v) is 4.88. The Bertz CT molecular complexity index is 213. The molecule has 2 fully saturated rings. The van der Waals surface area contributed by atoms with Gasteiger partial charge in [-0.25, -0.2) is 0 Å². The highest BCUT2D eigenvalue weighted by atomic mass is 15.1. The number of nitrogens with zero attached hydrogens (tertiary/aromatic N) is 2. The molecule has 0 aromatic heterocycles. The molecule has 0 amide bonds. The minimum absolute atomic E-state index is 0.310. The molecule has 1 unspecified atom stereocenters. The van der Waals surface area contributed by atoms with Gasteiger partial charge in [-0.05, 0) is 38.1 Å². The maximum Gasteiger partial charge on any atom is 0.0669 e. The molecule has 2 nitrogen and oxygen atoms in total. The van der Waals surface area contributed by atoms with E-state index in [9.17, 15) is 0 Å². The van der Waals surface area contributed by atoms with Crippen molar-refractivity contribution in [3.8, 4) is 6.07 Å². The lowest BCUT2D eigenvalue weighted by Gasteiger charge is -2.31. The molecule has 0 radical (unpaired) electrons. The Balaban J connectivity index is 1.77. The molecule has 1 aliphatic carbocycles. The average Bonchev–Trinajstić information content (AvgIpc) is 2.71. The number of rotatable bonds is 2. The highest BCUT2D eigenvalue weighted by Gasteiger charge is 2.23. The van der Waals surface area contributed by atoms with Crippen molar-refractivity contribution in [1.82, 2.24) is 4.90 Å². The lowest BCUT2D eigenvalue weighted by atomic mass is 9.98. The summed E-state index contributed by atoms with van der Waals surface area (Å²) in [5.74, 6) is 1.25. The Labute approximate surface area is 86.9 Å². The summed E-state index contributed by atoms with van der Waals surface area (Å²) in [4.78, 5) is 2.52. The zero-order valence-electron chi connectivity index (χ0n) is 8.91. The standard InChI is InChI=1S/C12H20N2/c13-8-12-6-3-7-14(10-12)9-11-4-1-2-5-11/h11-12H,1-7,9-10H2. The molecule has 1 saturated carbocycles. The van der Waals surface area contributed by atoms with Crippen LogP contribution in [0.5, 0.6) is 0 Å². The number of piperidine rings is 1. The van der Waals surface area contributed by atoms with Crippen LogP contribution < -0.4 is 0 Å². The van der Waals surface area contributed by atoms with Crippen LogP contribution in [-0.4, -0.2) is 24.5 Å². The highest BCUT2D eigenvalue weighted by molar-refractivity contribution is 4.89. The molecule has 1 atom stereocenters. The molecule has 78 valence electrons. The second kappa shape index (κ2) is 4.79. The van der Waals surface area contributed by atoms with Crippen LogP contribution in [0.1, 0.15) is 38.5 Å². The van der Waals surface area contributed by atoms with Gasteiger partial charge in [0.2, 0.25) is 0 Å². The fourth-order valence-corrected chi connectivity index (χ4v) is 2.88. The monoisotopic (exact) mass is 192 g/mol. The fraction of sp³-hybridized carbons (Fsp3) is 0.917. The van der Waals surface area contributed by atoms with Crippen LogP contribution in [0.3, 0.4) is 0 Å². The first-order valence-corrected chi connectivity index (χ1v) is 6.00. The van der Waals surface area contributed by atoms with Gasteiger partial charge in [-0.1, -0.05) is 12.8 Å². The summed E-state index contributed by atoms with van der Waals surface area (Å²) in [5, 5.41) is 8.89.